The number of hydrogen-bond acceptors (Lipinski definition) is 5. The molecule has 2 aromatic heterocycles. The second-order valence-electron chi connectivity index (χ2n) is 6.37. The molecule has 3 N–H and O–H groups in total. The summed E-state index contributed by atoms with van der Waals surface area (Å²) in [5.41, 5.74) is 11.2. The van der Waals surface area contributed by atoms with E-state index < -0.39 is 0 Å². The van der Waals surface area contributed by atoms with Gasteiger partial charge in [0.25, 0.3) is 0 Å². The Kier molecular flexibility index (Phi) is 4.22. The number of thiophene rings is 2. The van der Waals surface area contributed by atoms with E-state index in [1.54, 1.807) is 22.7 Å². The van der Waals surface area contributed by atoms with E-state index in [-0.39, 0.29) is 11.8 Å². The number of nitrogens with zero attached hydrogens (tertiary/aromatic N) is 1. The smallest absolute Gasteiger partial charge is 0.205 e. The van der Waals surface area contributed by atoms with Gasteiger partial charge in [0.2, 0.25) is 5.88 Å². The average Bonchev–Trinajstić information content (AvgIpc) is 3.28. The molecule has 4 heterocycles. The van der Waals surface area contributed by atoms with Crippen molar-refractivity contribution in [3.63, 3.8) is 0 Å². The molecule has 25 heavy (non-hydrogen) atoms. The molecule has 0 amide bonds. The van der Waals surface area contributed by atoms with Gasteiger partial charge in [0.15, 0.2) is 0 Å². The van der Waals surface area contributed by atoms with Crippen molar-refractivity contribution in [1.29, 1.82) is 5.26 Å². The van der Waals surface area contributed by atoms with Gasteiger partial charge in [-0.1, -0.05) is 0 Å². The Bertz CT molecular complexity index is 915. The topological polar surface area (TPSA) is 63.5 Å². The molecule has 1 unspecified atom stereocenters. The summed E-state index contributed by atoms with van der Waals surface area (Å²) in [4.78, 5) is 1.38. The van der Waals surface area contributed by atoms with Crippen LogP contribution in [-0.2, 0) is 4.74 Å². The molecule has 0 saturated heterocycles. The monoisotopic (exact) mass is 368 g/mol. The van der Waals surface area contributed by atoms with E-state index in [9.17, 15) is 5.26 Å². The minimum absolute atomic E-state index is 0.110. The van der Waals surface area contributed by atoms with E-state index in [2.05, 4.69) is 47.5 Å². The molecule has 2 aromatic rings. The summed E-state index contributed by atoms with van der Waals surface area (Å²) < 4.78 is 5.97. The third-order valence-electron chi connectivity index (χ3n) is 4.56. The van der Waals surface area contributed by atoms with Crippen LogP contribution in [0.5, 0.6) is 0 Å². The van der Waals surface area contributed by atoms with Crippen LogP contribution in [0.15, 0.2) is 62.0 Å². The Balaban J connectivity index is 1.87. The second kappa shape index (κ2) is 6.52. The molecule has 126 valence electrons. The number of nitriles is 1. The number of likely N-dealkylation sites (N-methyl/N-ethyl adjacent to an activating group) is 1. The van der Waals surface area contributed by atoms with Crippen molar-refractivity contribution in [1.82, 2.24) is 0 Å². The van der Waals surface area contributed by atoms with Gasteiger partial charge in [-0.05, 0) is 50.9 Å². The van der Waals surface area contributed by atoms with Crippen LogP contribution in [0.25, 0.3) is 6.08 Å². The highest BCUT2D eigenvalue weighted by atomic mass is 32.1. The predicted molar refractivity (Wildman–Crippen MR) is 101 cm³/mol. The van der Waals surface area contributed by atoms with Crippen LogP contribution < -0.4 is 10.6 Å². The van der Waals surface area contributed by atoms with Gasteiger partial charge in [0.1, 0.15) is 30.5 Å². The SMILES string of the molecule is C[NH+]1CC2=C(OC(N)=C(C#N)[C@@H]2c2ccsc2)/C(=C\c2ccsc2)C1. The molecular weight excluding hydrogens is 350 g/mol. The van der Waals surface area contributed by atoms with Crippen LogP contribution in [0.2, 0.25) is 0 Å². The molecule has 0 fully saturated rings. The van der Waals surface area contributed by atoms with Crippen molar-refractivity contribution in [2.24, 2.45) is 5.73 Å². The first kappa shape index (κ1) is 16.2. The molecule has 2 aliphatic rings. The molecule has 4 rings (SSSR count). The number of nitrogens with two attached hydrogens (primary N) is 1. The standard InChI is InChI=1S/C19H17N3OS2/c1-22-8-14(6-12-2-4-24-10-12)18-16(9-22)17(13-3-5-25-11-13)15(7-20)19(21)23-18/h2-6,10-11,17H,8-9,21H2,1H3/p+1/b14-6-/t17-/m0/s1. The van der Waals surface area contributed by atoms with Crippen LogP contribution in [0, 0.1) is 11.3 Å². The van der Waals surface area contributed by atoms with Gasteiger partial charge in [-0.25, -0.2) is 0 Å². The molecule has 0 radical (unpaired) electrons. The van der Waals surface area contributed by atoms with E-state index in [0.717, 1.165) is 35.6 Å². The van der Waals surface area contributed by atoms with Crippen molar-refractivity contribution in [3.05, 3.63) is 73.1 Å². The fourth-order valence-corrected chi connectivity index (χ4v) is 4.83. The Morgan fingerprint density at radius 1 is 1.28 bits per heavy atom. The zero-order chi connectivity index (χ0) is 17.4. The zero-order valence-corrected chi connectivity index (χ0v) is 15.4. The minimum Gasteiger partial charge on any atom is -0.440 e. The van der Waals surface area contributed by atoms with E-state index in [1.165, 1.54) is 10.5 Å². The summed E-state index contributed by atoms with van der Waals surface area (Å²) in [6, 6.07) is 6.44. The average molecular weight is 369 g/mol. The van der Waals surface area contributed by atoms with Gasteiger partial charge < -0.3 is 15.4 Å². The lowest BCUT2D eigenvalue weighted by molar-refractivity contribution is -0.871. The molecule has 6 heteroatoms. The van der Waals surface area contributed by atoms with Gasteiger partial charge in [0.05, 0.1) is 13.0 Å². The van der Waals surface area contributed by atoms with Gasteiger partial charge >= 0.3 is 0 Å². The van der Waals surface area contributed by atoms with Crippen LogP contribution in [0.4, 0.5) is 0 Å². The van der Waals surface area contributed by atoms with Gasteiger partial charge in [-0.2, -0.15) is 27.9 Å². The second-order valence-corrected chi connectivity index (χ2v) is 7.93. The van der Waals surface area contributed by atoms with Crippen molar-refractivity contribution in [2.45, 2.75) is 5.92 Å². The molecule has 0 aromatic carbocycles. The minimum atomic E-state index is -0.110. The third kappa shape index (κ3) is 2.91. The summed E-state index contributed by atoms with van der Waals surface area (Å²) in [6.07, 6.45) is 2.17. The van der Waals surface area contributed by atoms with Crippen molar-refractivity contribution < 1.29 is 9.64 Å². The molecule has 0 spiro atoms. The summed E-state index contributed by atoms with van der Waals surface area (Å²) >= 11 is 3.31. The lowest BCUT2D eigenvalue weighted by Crippen LogP contribution is -3.10. The molecule has 4 nitrogen and oxygen atoms in total. The van der Waals surface area contributed by atoms with Crippen LogP contribution in [-0.4, -0.2) is 20.1 Å². The first-order valence-electron chi connectivity index (χ1n) is 8.04. The number of nitrogens with one attached hydrogen (secondary N) is 1. The summed E-state index contributed by atoms with van der Waals surface area (Å²) in [5.74, 6) is 0.971. The number of rotatable bonds is 2. The van der Waals surface area contributed by atoms with Crippen molar-refractivity contribution in [2.75, 3.05) is 20.1 Å². The molecule has 0 saturated carbocycles. The fourth-order valence-electron chi connectivity index (χ4n) is 3.53. The molecule has 2 atom stereocenters. The van der Waals surface area contributed by atoms with E-state index in [4.69, 9.17) is 10.5 Å². The Hall–Kier alpha value is -2.33. The molecule has 2 aliphatic heterocycles. The normalized spacial score (nSPS) is 24.9. The summed E-state index contributed by atoms with van der Waals surface area (Å²) in [7, 11) is 2.17. The molecule has 0 aliphatic carbocycles. The lowest BCUT2D eigenvalue weighted by Gasteiger charge is -2.34. The first-order valence-corrected chi connectivity index (χ1v) is 9.93. The highest BCUT2D eigenvalue weighted by Gasteiger charge is 2.38. The first-order chi connectivity index (χ1) is 12.2. The van der Waals surface area contributed by atoms with Gasteiger partial charge in [-0.3, -0.25) is 0 Å². The Morgan fingerprint density at radius 3 is 2.76 bits per heavy atom. The highest BCUT2D eigenvalue weighted by Crippen LogP contribution is 2.42. The number of hydrogen-bond donors (Lipinski definition) is 2. The number of allylic oxidation sites excluding steroid dienone is 1. The fraction of sp³-hybridized carbons (Fsp3) is 0.211. The predicted octanol–water partition coefficient (Wildman–Crippen LogP) is 2.48. The Morgan fingerprint density at radius 2 is 2.08 bits per heavy atom. The summed E-state index contributed by atoms with van der Waals surface area (Å²) in [5, 5.41) is 18.0. The molecular formula is C19H18N3OS2+. The molecule has 0 bridgehead atoms. The number of ether oxygens (including phenoxy) is 1. The highest BCUT2D eigenvalue weighted by molar-refractivity contribution is 7.08. The van der Waals surface area contributed by atoms with Crippen LogP contribution in [0.1, 0.15) is 17.0 Å². The number of quaternary nitrogens is 1. The van der Waals surface area contributed by atoms with E-state index >= 15 is 0 Å². The maximum absolute atomic E-state index is 9.65. The zero-order valence-electron chi connectivity index (χ0n) is 13.8. The van der Waals surface area contributed by atoms with Crippen LogP contribution >= 0.6 is 22.7 Å². The van der Waals surface area contributed by atoms with Crippen molar-refractivity contribution in [3.8, 4) is 6.07 Å². The van der Waals surface area contributed by atoms with Crippen molar-refractivity contribution >= 4 is 28.7 Å². The maximum atomic E-state index is 9.65. The lowest BCUT2D eigenvalue weighted by atomic mass is 9.81. The quantitative estimate of drug-likeness (QED) is 0.856. The van der Waals surface area contributed by atoms with Crippen LogP contribution in [0.3, 0.4) is 0 Å². The third-order valence-corrected chi connectivity index (χ3v) is 5.97. The Labute approximate surface area is 154 Å². The van der Waals surface area contributed by atoms with Gasteiger partial charge in [0, 0.05) is 11.1 Å². The maximum Gasteiger partial charge on any atom is 0.205 e. The largest absolute Gasteiger partial charge is 0.440 e. The van der Waals surface area contributed by atoms with Gasteiger partial charge in [-0.15, -0.1) is 0 Å². The van der Waals surface area contributed by atoms with E-state index in [1.807, 2.05) is 5.38 Å². The summed E-state index contributed by atoms with van der Waals surface area (Å²) in [6.45, 7) is 1.72. The van der Waals surface area contributed by atoms with E-state index in [0.29, 0.717) is 5.57 Å².